The number of aliphatic hydroxyl groups excluding tert-OH is 1. The van der Waals surface area contributed by atoms with Crippen LogP contribution >= 0.6 is 7.37 Å². The van der Waals surface area contributed by atoms with Crippen molar-refractivity contribution in [3.8, 4) is 0 Å². The molecule has 16 atom stereocenters. The van der Waals surface area contributed by atoms with Gasteiger partial charge in [0.1, 0.15) is 30.1 Å². The Balaban J connectivity index is 1.51. The number of aliphatic hydroxyl groups is 2. The number of Topliss-reactive ketones (excluding diaryl/α,β-unsaturated/α-hetero) is 3. The second-order valence-electron chi connectivity index (χ2n) is 20.8. The number of methoxy groups -OCH3 is 3. The van der Waals surface area contributed by atoms with Crippen LogP contribution in [0, 0.1) is 41.4 Å². The van der Waals surface area contributed by atoms with E-state index in [0.29, 0.717) is 69.8 Å². The second kappa shape index (κ2) is 24.3. The van der Waals surface area contributed by atoms with Crippen LogP contribution in [-0.4, -0.2) is 140 Å². The van der Waals surface area contributed by atoms with Crippen molar-refractivity contribution in [3.05, 3.63) is 47.6 Å². The van der Waals surface area contributed by atoms with E-state index in [2.05, 4.69) is 0 Å². The van der Waals surface area contributed by atoms with Crippen LogP contribution in [-0.2, 0) is 56.7 Å². The molecule has 15 nitrogen and oxygen atoms in total. The number of carbonyl (C=O) groups is 5. The van der Waals surface area contributed by atoms with Crippen LogP contribution in [0.5, 0.6) is 0 Å². The Hall–Kier alpha value is -3.14. The maximum atomic E-state index is 14.5. The minimum absolute atomic E-state index is 0.0155. The molecule has 2 N–H and O–H groups in total. The lowest BCUT2D eigenvalue weighted by molar-refractivity contribution is -0.266. The SMILES string of the molecule is COC1CC(C[C@H]2C3CCCN4C(=O)C(=O)C5(O)O[C@@H](CCC5C)C[C@H](OC)/C(C)=C/C=C/C=C/[C@@H](C)CC(C)C(=O)[C@H](OC)C(O)/C(C)=C/[C@@H](C)C(=O)C[C@@H]2OC(=O)C34)CC[C@H]1OP(C)(C)=O. The van der Waals surface area contributed by atoms with Gasteiger partial charge in [0.2, 0.25) is 5.79 Å². The molecule has 8 unspecified atom stereocenters. The van der Waals surface area contributed by atoms with Gasteiger partial charge in [-0.2, -0.15) is 0 Å². The third-order valence-corrected chi connectivity index (χ3v) is 16.1. The third kappa shape index (κ3) is 13.6. The standard InChI is InChI=1S/C52H80NO14P/c1-30-16-13-12-14-17-31(2)42(62-7)28-37-21-19-35(6)52(60,66-37)49(57)50(58)53-23-15-18-38-39(26-36-20-22-41(44(27-36)63-8)67-68(10,11)61)43(65-51(59)45(38)53)29-40(54)32(3)25-34(5)47(56)48(64-9)46(55)33(4)24-30/h12-14,16-17,25,30,32-33,35-39,41-45,47-48,56,60H,15,18-24,26-29H2,1-11H3/b14-12+,16-13+,31-17+,34-25+/t30-,32-,33?,35?,36?,37+,38?,39+,41-,42+,43+,44?,45?,47?,48+,52?/m1/s1. The van der Waals surface area contributed by atoms with Gasteiger partial charge in [0.25, 0.3) is 11.7 Å². The highest BCUT2D eigenvalue weighted by Gasteiger charge is 2.57. The molecule has 16 heteroatoms. The summed E-state index contributed by atoms with van der Waals surface area (Å²) in [5.41, 5.74) is 1.27. The first kappa shape index (κ1) is 55.8. The highest BCUT2D eigenvalue weighted by atomic mass is 31.2. The van der Waals surface area contributed by atoms with Crippen LogP contribution in [0.2, 0.25) is 0 Å². The average molecular weight is 974 g/mol. The molecule has 0 aromatic heterocycles. The Morgan fingerprint density at radius 3 is 2.24 bits per heavy atom. The van der Waals surface area contributed by atoms with Crippen LogP contribution in [0.3, 0.4) is 0 Å². The third-order valence-electron chi connectivity index (χ3n) is 15.3. The van der Waals surface area contributed by atoms with Crippen molar-refractivity contribution in [3.63, 3.8) is 0 Å². The number of hydrogen-bond donors (Lipinski definition) is 2. The Labute approximate surface area is 404 Å². The van der Waals surface area contributed by atoms with Gasteiger partial charge in [0.05, 0.1) is 24.4 Å². The van der Waals surface area contributed by atoms with Crippen LogP contribution in [0.1, 0.15) is 112 Å². The fourth-order valence-corrected chi connectivity index (χ4v) is 12.2. The number of esters is 1. The Kier molecular flexibility index (Phi) is 20.0. The molecule has 382 valence electrons. The van der Waals surface area contributed by atoms with Crippen LogP contribution in [0.4, 0.5) is 0 Å². The smallest absolute Gasteiger partial charge is 0.329 e. The molecule has 4 bridgehead atoms. The number of ketones is 3. The molecule has 0 spiro atoms. The summed E-state index contributed by atoms with van der Waals surface area (Å²) in [6, 6.07) is -1.15. The molecule has 5 aliphatic rings. The van der Waals surface area contributed by atoms with E-state index in [1.807, 2.05) is 51.2 Å². The van der Waals surface area contributed by atoms with Gasteiger partial charge in [-0.15, -0.1) is 0 Å². The molecule has 68 heavy (non-hydrogen) atoms. The normalized spacial score (nSPS) is 41.6. The summed E-state index contributed by atoms with van der Waals surface area (Å²) in [6.45, 7) is 14.0. The minimum Gasteiger partial charge on any atom is -0.460 e. The molecule has 4 aliphatic heterocycles. The van der Waals surface area contributed by atoms with E-state index in [9.17, 15) is 38.8 Å². The Bertz CT molecular complexity index is 1970. The van der Waals surface area contributed by atoms with E-state index in [1.165, 1.54) is 12.0 Å². The van der Waals surface area contributed by atoms with Gasteiger partial charge < -0.3 is 43.3 Å². The van der Waals surface area contributed by atoms with E-state index >= 15 is 0 Å². The van der Waals surface area contributed by atoms with E-state index in [-0.39, 0.29) is 48.6 Å². The van der Waals surface area contributed by atoms with E-state index in [1.54, 1.807) is 54.4 Å². The van der Waals surface area contributed by atoms with Crippen molar-refractivity contribution < 1.29 is 67.0 Å². The Morgan fingerprint density at radius 1 is 0.853 bits per heavy atom. The summed E-state index contributed by atoms with van der Waals surface area (Å²) >= 11 is 0. The Morgan fingerprint density at radius 2 is 1.57 bits per heavy atom. The maximum Gasteiger partial charge on any atom is 0.329 e. The maximum absolute atomic E-state index is 14.5. The molecule has 4 heterocycles. The lowest BCUT2D eigenvalue weighted by Crippen LogP contribution is -2.65. The van der Waals surface area contributed by atoms with Gasteiger partial charge in [0.15, 0.2) is 13.2 Å². The van der Waals surface area contributed by atoms with E-state index in [4.69, 9.17) is 28.2 Å². The van der Waals surface area contributed by atoms with Crippen molar-refractivity contribution >= 4 is 36.6 Å². The fourth-order valence-electron chi connectivity index (χ4n) is 11.4. The zero-order chi connectivity index (χ0) is 50.2. The number of amides is 1. The number of fused-ring (bicyclic) bond motifs is 4. The van der Waals surface area contributed by atoms with Crippen molar-refractivity contribution in [2.45, 2.75) is 167 Å². The summed E-state index contributed by atoms with van der Waals surface area (Å²) in [4.78, 5) is 72.5. The fraction of sp³-hybridized carbons (Fsp3) is 0.750. The molecule has 1 amide bonds. The monoisotopic (exact) mass is 974 g/mol. The predicted octanol–water partition coefficient (Wildman–Crippen LogP) is 6.96. The molecule has 1 saturated carbocycles. The summed E-state index contributed by atoms with van der Waals surface area (Å²) in [5.74, 6) is -8.61. The van der Waals surface area contributed by atoms with Crippen molar-refractivity contribution in [1.82, 2.24) is 4.90 Å². The quantitative estimate of drug-likeness (QED) is 0.115. The first-order valence-electron chi connectivity index (χ1n) is 24.8. The molecular weight excluding hydrogens is 894 g/mol. The van der Waals surface area contributed by atoms with Crippen LogP contribution in [0.25, 0.3) is 0 Å². The molecule has 3 saturated heterocycles. The minimum atomic E-state index is -2.82. The topological polar surface area (TPSA) is 201 Å². The molecule has 4 fully saturated rings. The van der Waals surface area contributed by atoms with Crippen LogP contribution < -0.4 is 0 Å². The predicted molar refractivity (Wildman–Crippen MR) is 257 cm³/mol. The van der Waals surface area contributed by atoms with Gasteiger partial charge >= 0.3 is 5.97 Å². The number of hydrogen-bond acceptors (Lipinski definition) is 14. The molecule has 1 aliphatic carbocycles. The number of carbonyl (C=O) groups excluding carboxylic acids is 5. The summed E-state index contributed by atoms with van der Waals surface area (Å²) < 4.78 is 48.4. The molecular formula is C52H80NO14P. The number of allylic oxidation sites excluding steroid dienone is 6. The molecule has 0 aromatic rings. The van der Waals surface area contributed by atoms with Gasteiger partial charge in [-0.25, -0.2) is 4.79 Å². The first-order chi connectivity index (χ1) is 32.0. The van der Waals surface area contributed by atoms with Gasteiger partial charge in [0, 0.05) is 77.7 Å². The van der Waals surface area contributed by atoms with Gasteiger partial charge in [-0.1, -0.05) is 64.2 Å². The van der Waals surface area contributed by atoms with Crippen molar-refractivity contribution in [2.75, 3.05) is 41.2 Å². The van der Waals surface area contributed by atoms with Crippen molar-refractivity contribution in [1.29, 1.82) is 0 Å². The number of rotatable bonds is 7. The van der Waals surface area contributed by atoms with Gasteiger partial charge in [-0.05, 0) is 101 Å². The summed E-state index contributed by atoms with van der Waals surface area (Å²) in [7, 11) is 1.73. The van der Waals surface area contributed by atoms with E-state index < -0.39 is 97.0 Å². The zero-order valence-corrected chi connectivity index (χ0v) is 43.2. The van der Waals surface area contributed by atoms with E-state index in [0.717, 1.165) is 5.57 Å². The number of nitrogens with zero attached hydrogens (tertiary/aromatic N) is 1. The van der Waals surface area contributed by atoms with Crippen LogP contribution in [0.15, 0.2) is 47.6 Å². The highest BCUT2D eigenvalue weighted by Crippen LogP contribution is 2.48. The summed E-state index contributed by atoms with van der Waals surface area (Å²) in [6.07, 6.45) is 11.0. The van der Waals surface area contributed by atoms with Crippen molar-refractivity contribution in [2.24, 2.45) is 41.4 Å². The lowest BCUT2D eigenvalue weighted by atomic mass is 9.68. The zero-order valence-electron chi connectivity index (χ0n) is 42.3. The largest absolute Gasteiger partial charge is 0.460 e. The molecule has 5 rings (SSSR count). The second-order valence-corrected chi connectivity index (χ2v) is 23.6. The van der Waals surface area contributed by atoms with Gasteiger partial charge in [-0.3, -0.25) is 23.7 Å². The lowest BCUT2D eigenvalue weighted by Gasteiger charge is -2.50. The molecule has 0 radical (unpaired) electrons. The summed E-state index contributed by atoms with van der Waals surface area (Å²) in [5, 5.41) is 23.6. The highest BCUT2D eigenvalue weighted by molar-refractivity contribution is 7.57. The first-order valence-corrected chi connectivity index (χ1v) is 27.3. The molecule has 0 aromatic carbocycles. The average Bonchev–Trinajstić information content (AvgIpc) is 3.29. The number of ether oxygens (including phenoxy) is 5. The number of piperidine rings is 1.